The lowest BCUT2D eigenvalue weighted by Gasteiger charge is -2.15. The van der Waals surface area contributed by atoms with Gasteiger partial charge in [0.1, 0.15) is 5.82 Å². The molecule has 1 amide bonds. The fourth-order valence-corrected chi connectivity index (χ4v) is 1.69. The molecule has 0 saturated heterocycles. The van der Waals surface area contributed by atoms with Crippen LogP contribution in [0.1, 0.15) is 42.6 Å². The number of H-pyrrole nitrogens is 1. The summed E-state index contributed by atoms with van der Waals surface area (Å²) < 4.78 is 0. The van der Waals surface area contributed by atoms with Gasteiger partial charge in [0, 0.05) is 22.9 Å². The maximum Gasteiger partial charge on any atom is 0.251 e. The van der Waals surface area contributed by atoms with Gasteiger partial charge in [-0.25, -0.2) is 4.98 Å². The number of hydrogen-bond donors (Lipinski definition) is 2. The third-order valence-electron chi connectivity index (χ3n) is 2.89. The molecule has 4 nitrogen and oxygen atoms in total. The minimum absolute atomic E-state index is 0.0364. The first-order chi connectivity index (χ1) is 8.97. The number of nitrogens with zero attached hydrogens (tertiary/aromatic N) is 1. The van der Waals surface area contributed by atoms with Crippen LogP contribution in [0.5, 0.6) is 0 Å². The first-order valence-electron chi connectivity index (χ1n) is 6.34. The van der Waals surface area contributed by atoms with E-state index in [1.165, 1.54) is 0 Å². The monoisotopic (exact) mass is 257 g/mol. The van der Waals surface area contributed by atoms with E-state index in [0.29, 0.717) is 12.1 Å². The third kappa shape index (κ3) is 3.44. The number of hydrogen-bond acceptors (Lipinski definition) is 2. The Labute approximate surface area is 113 Å². The predicted octanol–water partition coefficient (Wildman–Crippen LogP) is 2.64. The van der Waals surface area contributed by atoms with Crippen LogP contribution in [-0.2, 0) is 12.0 Å². The Kier molecular flexibility index (Phi) is 3.69. The molecule has 2 rings (SSSR count). The molecule has 4 heteroatoms. The van der Waals surface area contributed by atoms with E-state index >= 15 is 0 Å². The van der Waals surface area contributed by atoms with E-state index in [-0.39, 0.29) is 11.3 Å². The number of carbonyl (C=O) groups is 1. The molecule has 1 heterocycles. The van der Waals surface area contributed by atoms with Gasteiger partial charge in [-0.3, -0.25) is 4.79 Å². The molecule has 0 saturated carbocycles. The summed E-state index contributed by atoms with van der Waals surface area (Å²) in [5.74, 6) is 0.684. The van der Waals surface area contributed by atoms with Gasteiger partial charge in [0.05, 0.1) is 6.54 Å². The normalized spacial score (nSPS) is 11.3. The molecule has 0 atom stereocenters. The van der Waals surface area contributed by atoms with Crippen LogP contribution in [-0.4, -0.2) is 15.9 Å². The largest absolute Gasteiger partial charge is 0.345 e. The van der Waals surface area contributed by atoms with Gasteiger partial charge < -0.3 is 10.3 Å². The molecule has 1 aromatic carbocycles. The SMILES string of the molecule is CC(C)(C)c1cnc(CNC(=O)c2ccccc2)[nH]1. The summed E-state index contributed by atoms with van der Waals surface area (Å²) in [6, 6.07) is 9.16. The van der Waals surface area contributed by atoms with Gasteiger partial charge in [-0.1, -0.05) is 39.0 Å². The number of nitrogens with one attached hydrogen (secondary N) is 2. The molecule has 0 fully saturated rings. The van der Waals surface area contributed by atoms with Crippen LogP contribution >= 0.6 is 0 Å². The number of benzene rings is 1. The van der Waals surface area contributed by atoms with Crippen molar-refractivity contribution in [2.45, 2.75) is 32.7 Å². The summed E-state index contributed by atoms with van der Waals surface area (Å²) in [6.45, 7) is 6.76. The number of amides is 1. The number of carbonyl (C=O) groups excluding carboxylic acids is 1. The topological polar surface area (TPSA) is 57.8 Å². The highest BCUT2D eigenvalue weighted by Crippen LogP contribution is 2.19. The highest BCUT2D eigenvalue weighted by molar-refractivity contribution is 5.93. The Balaban J connectivity index is 1.96. The van der Waals surface area contributed by atoms with Crippen LogP contribution in [0.3, 0.4) is 0 Å². The summed E-state index contributed by atoms with van der Waals surface area (Å²) in [6.07, 6.45) is 1.82. The van der Waals surface area contributed by atoms with E-state index < -0.39 is 0 Å². The van der Waals surface area contributed by atoms with Crippen LogP contribution in [0.15, 0.2) is 36.5 Å². The van der Waals surface area contributed by atoms with Gasteiger partial charge in [0.15, 0.2) is 0 Å². The first kappa shape index (κ1) is 13.3. The van der Waals surface area contributed by atoms with Crippen molar-refractivity contribution in [1.82, 2.24) is 15.3 Å². The Bertz CT molecular complexity index is 552. The second-order valence-corrected chi connectivity index (χ2v) is 5.54. The summed E-state index contributed by atoms with van der Waals surface area (Å²) in [5, 5.41) is 2.85. The Hall–Kier alpha value is -2.10. The first-order valence-corrected chi connectivity index (χ1v) is 6.34. The minimum atomic E-state index is -0.0886. The highest BCUT2D eigenvalue weighted by atomic mass is 16.1. The number of aromatic nitrogens is 2. The van der Waals surface area contributed by atoms with Crippen molar-refractivity contribution in [2.24, 2.45) is 0 Å². The second kappa shape index (κ2) is 5.26. The molecular formula is C15H19N3O. The summed E-state index contributed by atoms with van der Waals surface area (Å²) >= 11 is 0. The summed E-state index contributed by atoms with van der Waals surface area (Å²) in [5.41, 5.74) is 1.76. The van der Waals surface area contributed by atoms with Gasteiger partial charge >= 0.3 is 0 Å². The van der Waals surface area contributed by atoms with E-state index in [0.717, 1.165) is 11.5 Å². The van der Waals surface area contributed by atoms with Gasteiger partial charge in [0.2, 0.25) is 0 Å². The lowest BCUT2D eigenvalue weighted by Crippen LogP contribution is -2.23. The Morgan fingerprint density at radius 3 is 2.53 bits per heavy atom. The number of imidazole rings is 1. The second-order valence-electron chi connectivity index (χ2n) is 5.54. The molecule has 0 bridgehead atoms. The quantitative estimate of drug-likeness (QED) is 0.888. The van der Waals surface area contributed by atoms with Gasteiger partial charge in [0.25, 0.3) is 5.91 Å². The molecule has 100 valence electrons. The zero-order valence-corrected chi connectivity index (χ0v) is 11.5. The maximum absolute atomic E-state index is 11.9. The van der Waals surface area contributed by atoms with Crippen molar-refractivity contribution in [1.29, 1.82) is 0 Å². The maximum atomic E-state index is 11.9. The fraction of sp³-hybridized carbons (Fsp3) is 0.333. The molecule has 2 aromatic rings. The third-order valence-corrected chi connectivity index (χ3v) is 2.89. The molecule has 0 aliphatic carbocycles. The van der Waals surface area contributed by atoms with E-state index in [1.54, 1.807) is 12.1 Å². The smallest absolute Gasteiger partial charge is 0.251 e. The summed E-state index contributed by atoms with van der Waals surface area (Å²) in [7, 11) is 0. The zero-order chi connectivity index (χ0) is 13.9. The van der Waals surface area contributed by atoms with E-state index in [2.05, 4.69) is 36.1 Å². The van der Waals surface area contributed by atoms with Crippen molar-refractivity contribution in [2.75, 3.05) is 0 Å². The number of rotatable bonds is 3. The molecule has 1 aromatic heterocycles. The summed E-state index contributed by atoms with van der Waals surface area (Å²) in [4.78, 5) is 19.4. The lowest BCUT2D eigenvalue weighted by atomic mass is 9.93. The molecule has 2 N–H and O–H groups in total. The molecule has 0 spiro atoms. The van der Waals surface area contributed by atoms with Crippen LogP contribution < -0.4 is 5.32 Å². The van der Waals surface area contributed by atoms with Crippen molar-refractivity contribution < 1.29 is 4.79 Å². The van der Waals surface area contributed by atoms with Gasteiger partial charge in [-0.2, -0.15) is 0 Å². The lowest BCUT2D eigenvalue weighted by molar-refractivity contribution is 0.0950. The molecule has 0 radical (unpaired) electrons. The van der Waals surface area contributed by atoms with E-state index in [9.17, 15) is 4.79 Å². The van der Waals surface area contributed by atoms with Crippen LogP contribution in [0.25, 0.3) is 0 Å². The van der Waals surface area contributed by atoms with Gasteiger partial charge in [-0.05, 0) is 12.1 Å². The molecular weight excluding hydrogens is 238 g/mol. The zero-order valence-electron chi connectivity index (χ0n) is 11.5. The molecule has 0 aliphatic heterocycles. The molecule has 0 aliphatic rings. The van der Waals surface area contributed by atoms with Crippen molar-refractivity contribution in [3.8, 4) is 0 Å². The average molecular weight is 257 g/mol. The predicted molar refractivity (Wildman–Crippen MR) is 74.9 cm³/mol. The Morgan fingerprint density at radius 2 is 1.95 bits per heavy atom. The Morgan fingerprint density at radius 1 is 1.26 bits per heavy atom. The standard InChI is InChI=1S/C15H19N3O/c1-15(2,3)12-9-16-13(18-12)10-17-14(19)11-7-5-4-6-8-11/h4-9H,10H2,1-3H3,(H,16,18)(H,17,19). The highest BCUT2D eigenvalue weighted by Gasteiger charge is 2.16. The van der Waals surface area contributed by atoms with Crippen molar-refractivity contribution in [3.05, 3.63) is 53.6 Å². The van der Waals surface area contributed by atoms with Crippen molar-refractivity contribution >= 4 is 5.91 Å². The number of aromatic amines is 1. The van der Waals surface area contributed by atoms with Crippen LogP contribution in [0.2, 0.25) is 0 Å². The fourth-order valence-electron chi connectivity index (χ4n) is 1.69. The molecule has 19 heavy (non-hydrogen) atoms. The minimum Gasteiger partial charge on any atom is -0.345 e. The van der Waals surface area contributed by atoms with Gasteiger partial charge in [-0.15, -0.1) is 0 Å². The average Bonchev–Trinajstić information content (AvgIpc) is 2.86. The van der Waals surface area contributed by atoms with E-state index in [4.69, 9.17) is 0 Å². The van der Waals surface area contributed by atoms with E-state index in [1.807, 2.05) is 24.4 Å². The van der Waals surface area contributed by atoms with Crippen LogP contribution in [0.4, 0.5) is 0 Å². The van der Waals surface area contributed by atoms with Crippen LogP contribution in [0, 0.1) is 0 Å². The van der Waals surface area contributed by atoms with Crippen molar-refractivity contribution in [3.63, 3.8) is 0 Å². The molecule has 0 unspecified atom stereocenters.